The summed E-state index contributed by atoms with van der Waals surface area (Å²) in [6, 6.07) is 0. The first-order chi connectivity index (χ1) is 30.7. The Kier molecular flexibility index (Phi) is 40.0. The number of phosphoric ester groups is 2. The first-order valence-corrected chi connectivity index (χ1v) is 27.3. The molecule has 17 nitrogen and oxygen atoms in total. The lowest BCUT2D eigenvalue weighted by atomic mass is 10.0. The average molecular weight is 961 g/mol. The van der Waals surface area contributed by atoms with E-state index in [9.17, 15) is 43.2 Å². The van der Waals surface area contributed by atoms with Crippen LogP contribution in [0.1, 0.15) is 207 Å². The van der Waals surface area contributed by atoms with Gasteiger partial charge in [0.1, 0.15) is 19.3 Å². The molecule has 2 unspecified atom stereocenters. The third-order valence-corrected chi connectivity index (χ3v) is 12.0. The van der Waals surface area contributed by atoms with Gasteiger partial charge in [-0.25, -0.2) is 9.13 Å². The molecule has 5 atom stereocenters. The van der Waals surface area contributed by atoms with Gasteiger partial charge in [0.2, 0.25) is 0 Å². The van der Waals surface area contributed by atoms with Crippen LogP contribution >= 0.6 is 15.6 Å². The molecule has 0 fully saturated rings. The lowest BCUT2D eigenvalue weighted by Crippen LogP contribution is -2.30. The molecule has 0 radical (unpaired) electrons. The van der Waals surface area contributed by atoms with E-state index in [0.717, 1.165) is 77.0 Å². The van der Waals surface area contributed by atoms with Gasteiger partial charge in [0.15, 0.2) is 12.2 Å². The van der Waals surface area contributed by atoms with Crippen molar-refractivity contribution in [2.75, 3.05) is 39.6 Å². The quantitative estimate of drug-likeness (QED) is 0.0222. The van der Waals surface area contributed by atoms with Crippen LogP contribution in [0.5, 0.6) is 0 Å². The van der Waals surface area contributed by atoms with E-state index in [1.54, 1.807) is 0 Å². The van der Waals surface area contributed by atoms with Crippen LogP contribution in [0.4, 0.5) is 0 Å². The number of rotatable bonds is 46. The minimum atomic E-state index is -4.90. The predicted octanol–water partition coefficient (Wildman–Crippen LogP) is 10.5. The molecular formula is C45H86O17P2. The molecule has 0 aromatic carbocycles. The number of aliphatic hydroxyl groups is 1. The van der Waals surface area contributed by atoms with Gasteiger partial charge in [0.05, 0.1) is 26.4 Å². The molecule has 3 N–H and O–H groups in total. The summed E-state index contributed by atoms with van der Waals surface area (Å²) in [5, 5.41) is 10.3. The second kappa shape index (κ2) is 41.3. The normalized spacial score (nSPS) is 14.8. The molecule has 0 rings (SSSR count). The average Bonchev–Trinajstić information content (AvgIpc) is 3.26. The minimum Gasteiger partial charge on any atom is -0.462 e. The second-order valence-corrected chi connectivity index (χ2v) is 19.3. The number of esters is 4. The van der Waals surface area contributed by atoms with E-state index in [2.05, 4.69) is 13.8 Å². The Labute approximate surface area is 384 Å². The molecule has 0 saturated heterocycles. The van der Waals surface area contributed by atoms with Gasteiger partial charge in [0.25, 0.3) is 0 Å². The van der Waals surface area contributed by atoms with Crippen LogP contribution in [-0.2, 0) is 65.4 Å². The summed E-state index contributed by atoms with van der Waals surface area (Å²) in [7, 11) is -9.81. The highest BCUT2D eigenvalue weighted by atomic mass is 31.2. The molecule has 0 aliphatic rings. The first-order valence-electron chi connectivity index (χ1n) is 24.3. The summed E-state index contributed by atoms with van der Waals surface area (Å²) in [4.78, 5) is 70.0. The Morgan fingerprint density at radius 1 is 0.375 bits per heavy atom. The lowest BCUT2D eigenvalue weighted by molar-refractivity contribution is -0.161. The van der Waals surface area contributed by atoms with Crippen molar-refractivity contribution in [2.24, 2.45) is 0 Å². The summed E-state index contributed by atoms with van der Waals surface area (Å²) < 4.78 is 66.2. The van der Waals surface area contributed by atoms with Crippen LogP contribution in [0, 0.1) is 0 Å². The van der Waals surface area contributed by atoms with Gasteiger partial charge in [-0.05, 0) is 25.7 Å². The fraction of sp³-hybridized carbons (Fsp3) is 0.911. The number of hydrogen-bond donors (Lipinski definition) is 3. The van der Waals surface area contributed by atoms with Gasteiger partial charge < -0.3 is 33.8 Å². The lowest BCUT2D eigenvalue weighted by Gasteiger charge is -2.21. The van der Waals surface area contributed by atoms with E-state index in [1.807, 2.05) is 13.8 Å². The molecule has 0 aromatic rings. The fourth-order valence-corrected chi connectivity index (χ4v) is 7.83. The molecule has 0 heterocycles. The van der Waals surface area contributed by atoms with Gasteiger partial charge in [-0.1, -0.05) is 156 Å². The number of carbonyl (C=O) groups is 4. The molecule has 0 amide bonds. The third-order valence-electron chi connectivity index (χ3n) is 10.1. The molecule has 64 heavy (non-hydrogen) atoms. The van der Waals surface area contributed by atoms with Crippen LogP contribution in [0.3, 0.4) is 0 Å². The van der Waals surface area contributed by atoms with E-state index in [4.69, 9.17) is 37.0 Å². The Balaban J connectivity index is 4.94. The van der Waals surface area contributed by atoms with E-state index in [1.165, 1.54) is 51.4 Å². The number of unbranched alkanes of at least 4 members (excludes halogenated alkanes) is 20. The van der Waals surface area contributed by atoms with Gasteiger partial charge in [-0.3, -0.25) is 37.3 Å². The highest BCUT2D eigenvalue weighted by Gasteiger charge is 2.30. The Morgan fingerprint density at radius 2 is 0.641 bits per heavy atom. The molecule has 378 valence electrons. The van der Waals surface area contributed by atoms with Crippen molar-refractivity contribution < 1.29 is 80.2 Å². The molecule has 0 spiro atoms. The summed E-state index contributed by atoms with van der Waals surface area (Å²) in [5.41, 5.74) is 0. The molecule has 0 saturated carbocycles. The predicted molar refractivity (Wildman–Crippen MR) is 243 cm³/mol. The molecule has 0 aliphatic heterocycles. The largest absolute Gasteiger partial charge is 0.472 e. The van der Waals surface area contributed by atoms with E-state index < -0.39 is 97.5 Å². The Bertz CT molecular complexity index is 1290. The van der Waals surface area contributed by atoms with Crippen LogP contribution in [-0.4, -0.2) is 96.7 Å². The second-order valence-electron chi connectivity index (χ2n) is 16.4. The highest BCUT2D eigenvalue weighted by Crippen LogP contribution is 2.45. The van der Waals surface area contributed by atoms with Gasteiger partial charge in [-0.15, -0.1) is 0 Å². The standard InChI is InChI=1S/C45H86O17P2/c1-5-9-13-15-17-18-19-20-21-22-23-25-28-32-45(50)61-40(35-55-42(47)29-12-8-4)37-59-63(51,52)57-33-39(46)34-58-64(53,54)60-38-41(36-56-43(48)30-26-11-7-3)62-44(49)31-27-24-16-14-10-6-2/h39-41,46H,5-38H2,1-4H3,(H,51,52)(H,53,54)/t39-,40-,41-/m1/s1. The number of phosphoric acid groups is 2. The zero-order valence-electron chi connectivity index (χ0n) is 39.7. The monoisotopic (exact) mass is 961 g/mol. The maximum absolute atomic E-state index is 12.7. The molecule has 0 aromatic heterocycles. The maximum atomic E-state index is 12.7. The van der Waals surface area contributed by atoms with Crippen LogP contribution < -0.4 is 0 Å². The van der Waals surface area contributed by atoms with Crippen molar-refractivity contribution in [1.29, 1.82) is 0 Å². The summed E-state index contributed by atoms with van der Waals surface area (Å²) in [6.07, 6.45) is 20.6. The SMILES string of the molecule is CCCCCCCCCCCCCCCC(=O)O[C@H](COC(=O)CCCC)COP(=O)(O)OC[C@@H](O)COP(=O)(O)OC[C@@H](COC(=O)CCCCC)OC(=O)CCCCCCCC. The fourth-order valence-electron chi connectivity index (χ4n) is 6.25. The van der Waals surface area contributed by atoms with Crippen LogP contribution in [0.15, 0.2) is 0 Å². The van der Waals surface area contributed by atoms with E-state index >= 15 is 0 Å². The third kappa shape index (κ3) is 40.3. The molecule has 0 aliphatic carbocycles. The summed E-state index contributed by atoms with van der Waals surface area (Å²) >= 11 is 0. The first kappa shape index (κ1) is 62.1. The smallest absolute Gasteiger partial charge is 0.462 e. The number of hydrogen-bond acceptors (Lipinski definition) is 15. The van der Waals surface area contributed by atoms with Crippen molar-refractivity contribution in [2.45, 2.75) is 226 Å². The zero-order valence-corrected chi connectivity index (χ0v) is 41.5. The number of ether oxygens (including phenoxy) is 4. The van der Waals surface area contributed by atoms with Crippen molar-refractivity contribution >= 4 is 39.5 Å². The van der Waals surface area contributed by atoms with Crippen molar-refractivity contribution in [3.63, 3.8) is 0 Å². The summed E-state index contributed by atoms with van der Waals surface area (Å²) in [5.74, 6) is -2.23. The topological polar surface area (TPSA) is 237 Å². The highest BCUT2D eigenvalue weighted by molar-refractivity contribution is 7.47. The van der Waals surface area contributed by atoms with E-state index in [0.29, 0.717) is 25.7 Å². The Morgan fingerprint density at radius 3 is 1.00 bits per heavy atom. The van der Waals surface area contributed by atoms with Crippen molar-refractivity contribution in [3.8, 4) is 0 Å². The Hall–Kier alpha value is -1.94. The van der Waals surface area contributed by atoms with E-state index in [-0.39, 0.29) is 25.7 Å². The molecular weight excluding hydrogens is 874 g/mol. The molecule has 0 bridgehead atoms. The van der Waals surface area contributed by atoms with Gasteiger partial charge >= 0.3 is 39.5 Å². The van der Waals surface area contributed by atoms with Crippen LogP contribution in [0.2, 0.25) is 0 Å². The molecule has 19 heteroatoms. The van der Waals surface area contributed by atoms with Crippen molar-refractivity contribution in [1.82, 2.24) is 0 Å². The maximum Gasteiger partial charge on any atom is 0.472 e. The van der Waals surface area contributed by atoms with Crippen molar-refractivity contribution in [3.05, 3.63) is 0 Å². The van der Waals surface area contributed by atoms with Crippen LogP contribution in [0.25, 0.3) is 0 Å². The minimum absolute atomic E-state index is 0.100. The number of aliphatic hydroxyl groups excluding tert-OH is 1. The van der Waals surface area contributed by atoms with Gasteiger partial charge in [-0.2, -0.15) is 0 Å². The summed E-state index contributed by atoms with van der Waals surface area (Å²) in [6.45, 7) is 4.24. The zero-order chi connectivity index (χ0) is 47.7. The number of carbonyl (C=O) groups excluding carboxylic acids is 4. The van der Waals surface area contributed by atoms with Gasteiger partial charge in [0, 0.05) is 25.7 Å².